The zero-order valence-electron chi connectivity index (χ0n) is 8.61. The summed E-state index contributed by atoms with van der Waals surface area (Å²) in [5.41, 5.74) is 10.4. The Labute approximate surface area is 82.7 Å². The van der Waals surface area contributed by atoms with Crippen molar-refractivity contribution < 1.29 is 4.74 Å². The van der Waals surface area contributed by atoms with Crippen molar-refractivity contribution in [3.63, 3.8) is 0 Å². The van der Waals surface area contributed by atoms with Crippen LogP contribution in [0.5, 0.6) is 0 Å². The molecular formula is C8H15N5O. The van der Waals surface area contributed by atoms with E-state index in [2.05, 4.69) is 15.0 Å². The molecule has 1 heterocycles. The average Bonchev–Trinajstić information content (AvgIpc) is 2.15. The van der Waals surface area contributed by atoms with E-state index in [0.717, 1.165) is 6.42 Å². The van der Waals surface area contributed by atoms with Crippen LogP contribution < -0.4 is 11.5 Å². The molecule has 0 saturated carbocycles. The summed E-state index contributed by atoms with van der Waals surface area (Å²) in [4.78, 5) is 11.7. The number of hydrogen-bond donors (Lipinski definition) is 2. The van der Waals surface area contributed by atoms with Crippen LogP contribution >= 0.6 is 0 Å². The second kappa shape index (κ2) is 3.75. The largest absolute Gasteiger partial charge is 0.371 e. The Hall–Kier alpha value is -1.43. The van der Waals surface area contributed by atoms with Crippen LogP contribution in [0, 0.1) is 0 Å². The van der Waals surface area contributed by atoms with Gasteiger partial charge in [0.25, 0.3) is 0 Å². The maximum Gasteiger partial charge on any atom is 0.225 e. The van der Waals surface area contributed by atoms with E-state index in [1.54, 1.807) is 7.11 Å². The van der Waals surface area contributed by atoms with Gasteiger partial charge in [-0.2, -0.15) is 15.0 Å². The van der Waals surface area contributed by atoms with Gasteiger partial charge in [0.15, 0.2) is 5.82 Å². The molecule has 1 rings (SSSR count). The highest BCUT2D eigenvalue weighted by atomic mass is 16.5. The highest BCUT2D eigenvalue weighted by Crippen LogP contribution is 2.25. The molecule has 78 valence electrons. The fourth-order valence-electron chi connectivity index (χ4n) is 1.04. The molecule has 0 bridgehead atoms. The van der Waals surface area contributed by atoms with Gasteiger partial charge in [0.05, 0.1) is 0 Å². The minimum Gasteiger partial charge on any atom is -0.371 e. The van der Waals surface area contributed by atoms with Crippen molar-refractivity contribution in [2.45, 2.75) is 25.9 Å². The predicted octanol–water partition coefficient (Wildman–Crippen LogP) is 0.308. The highest BCUT2D eigenvalue weighted by molar-refractivity contribution is 5.27. The zero-order valence-corrected chi connectivity index (χ0v) is 8.61. The normalized spacial score (nSPS) is 15.1. The Kier molecular flexibility index (Phi) is 2.85. The number of methoxy groups -OCH3 is 1. The molecule has 0 aliphatic heterocycles. The number of ether oxygens (including phenoxy) is 1. The summed E-state index contributed by atoms with van der Waals surface area (Å²) < 4.78 is 5.32. The predicted molar refractivity (Wildman–Crippen MR) is 53.3 cm³/mol. The SMILES string of the molecule is CCC(C)(OC)c1nc(N)nc(N)n1. The highest BCUT2D eigenvalue weighted by Gasteiger charge is 2.28. The first-order valence-corrected chi connectivity index (χ1v) is 4.34. The number of nitrogens with zero attached hydrogens (tertiary/aromatic N) is 3. The number of hydrogen-bond acceptors (Lipinski definition) is 6. The molecule has 6 nitrogen and oxygen atoms in total. The first kappa shape index (κ1) is 10.6. The first-order valence-electron chi connectivity index (χ1n) is 4.34. The molecule has 1 aromatic rings. The van der Waals surface area contributed by atoms with Gasteiger partial charge in [-0.1, -0.05) is 6.92 Å². The van der Waals surface area contributed by atoms with Gasteiger partial charge in [0, 0.05) is 7.11 Å². The Balaban J connectivity index is 3.17. The molecule has 4 N–H and O–H groups in total. The Morgan fingerprint density at radius 3 is 2.07 bits per heavy atom. The fourth-order valence-corrected chi connectivity index (χ4v) is 1.04. The van der Waals surface area contributed by atoms with Gasteiger partial charge in [0.2, 0.25) is 11.9 Å². The molecule has 0 aliphatic rings. The first-order chi connectivity index (χ1) is 6.51. The minimum absolute atomic E-state index is 0.115. The summed E-state index contributed by atoms with van der Waals surface area (Å²) in [5, 5.41) is 0. The van der Waals surface area contributed by atoms with E-state index in [1.807, 2.05) is 13.8 Å². The van der Waals surface area contributed by atoms with Gasteiger partial charge in [-0.3, -0.25) is 0 Å². The Morgan fingerprint density at radius 1 is 1.21 bits per heavy atom. The molecule has 0 aliphatic carbocycles. The average molecular weight is 197 g/mol. The van der Waals surface area contributed by atoms with Gasteiger partial charge >= 0.3 is 0 Å². The molecule has 0 amide bonds. The van der Waals surface area contributed by atoms with E-state index in [0.29, 0.717) is 5.82 Å². The molecule has 0 fully saturated rings. The molecule has 0 spiro atoms. The third-order valence-electron chi connectivity index (χ3n) is 2.27. The van der Waals surface area contributed by atoms with Crippen LogP contribution in [0.2, 0.25) is 0 Å². The smallest absolute Gasteiger partial charge is 0.225 e. The maximum absolute atomic E-state index is 5.47. The van der Waals surface area contributed by atoms with E-state index in [4.69, 9.17) is 16.2 Å². The summed E-state index contributed by atoms with van der Waals surface area (Å²) in [5.74, 6) is 0.695. The molecule has 0 saturated heterocycles. The summed E-state index contributed by atoms with van der Waals surface area (Å²) in [6, 6.07) is 0. The quantitative estimate of drug-likeness (QED) is 0.723. The summed E-state index contributed by atoms with van der Waals surface area (Å²) >= 11 is 0. The zero-order chi connectivity index (χ0) is 10.8. The summed E-state index contributed by atoms with van der Waals surface area (Å²) in [7, 11) is 1.60. The molecule has 1 aromatic heterocycles. The monoisotopic (exact) mass is 197 g/mol. The Morgan fingerprint density at radius 2 is 1.71 bits per heavy atom. The van der Waals surface area contributed by atoms with Crippen LogP contribution in [0.15, 0.2) is 0 Å². The lowest BCUT2D eigenvalue weighted by Crippen LogP contribution is -2.27. The van der Waals surface area contributed by atoms with Crippen LogP contribution in [0.1, 0.15) is 26.1 Å². The van der Waals surface area contributed by atoms with Crippen LogP contribution in [-0.4, -0.2) is 22.1 Å². The molecule has 1 atom stereocenters. The van der Waals surface area contributed by atoms with Crippen LogP contribution in [0.3, 0.4) is 0 Å². The van der Waals surface area contributed by atoms with Crippen molar-refractivity contribution >= 4 is 11.9 Å². The molecule has 0 aromatic carbocycles. The van der Waals surface area contributed by atoms with Crippen molar-refractivity contribution in [1.29, 1.82) is 0 Å². The van der Waals surface area contributed by atoms with Crippen LogP contribution in [0.4, 0.5) is 11.9 Å². The lowest BCUT2D eigenvalue weighted by Gasteiger charge is -2.24. The van der Waals surface area contributed by atoms with Gasteiger partial charge in [-0.05, 0) is 13.3 Å². The van der Waals surface area contributed by atoms with Crippen LogP contribution in [0.25, 0.3) is 0 Å². The lowest BCUT2D eigenvalue weighted by molar-refractivity contribution is -0.00888. The van der Waals surface area contributed by atoms with Crippen molar-refractivity contribution in [2.24, 2.45) is 0 Å². The fraction of sp³-hybridized carbons (Fsp3) is 0.625. The van der Waals surface area contributed by atoms with Crippen molar-refractivity contribution in [3.05, 3.63) is 5.82 Å². The minimum atomic E-state index is -0.564. The topological polar surface area (TPSA) is 99.9 Å². The van der Waals surface area contributed by atoms with Crippen molar-refractivity contribution in [3.8, 4) is 0 Å². The van der Waals surface area contributed by atoms with E-state index < -0.39 is 5.60 Å². The second-order valence-electron chi connectivity index (χ2n) is 3.16. The van der Waals surface area contributed by atoms with E-state index >= 15 is 0 Å². The van der Waals surface area contributed by atoms with E-state index in [9.17, 15) is 0 Å². The molecular weight excluding hydrogens is 182 g/mol. The van der Waals surface area contributed by atoms with Gasteiger partial charge in [-0.25, -0.2) is 0 Å². The second-order valence-corrected chi connectivity index (χ2v) is 3.16. The summed E-state index contributed by atoms with van der Waals surface area (Å²) in [6.45, 7) is 3.85. The van der Waals surface area contributed by atoms with Crippen LogP contribution in [-0.2, 0) is 10.3 Å². The van der Waals surface area contributed by atoms with Crippen molar-refractivity contribution in [1.82, 2.24) is 15.0 Å². The standard InChI is InChI=1S/C8H15N5O/c1-4-8(2,14-3)5-11-6(9)13-7(10)12-5/h4H2,1-3H3,(H4,9,10,11,12,13). The summed E-state index contributed by atoms with van der Waals surface area (Å²) in [6.07, 6.45) is 0.729. The molecule has 1 unspecified atom stereocenters. The van der Waals surface area contributed by atoms with Gasteiger partial charge in [0.1, 0.15) is 5.60 Å². The number of aromatic nitrogens is 3. The third-order valence-corrected chi connectivity index (χ3v) is 2.27. The number of nitrogen functional groups attached to an aromatic ring is 2. The lowest BCUT2D eigenvalue weighted by atomic mass is 10.0. The maximum atomic E-state index is 5.47. The van der Waals surface area contributed by atoms with Gasteiger partial charge in [-0.15, -0.1) is 0 Å². The number of rotatable bonds is 3. The number of anilines is 2. The Bertz CT molecular complexity index is 303. The molecule has 0 radical (unpaired) electrons. The third kappa shape index (κ3) is 1.90. The van der Waals surface area contributed by atoms with E-state index in [-0.39, 0.29) is 11.9 Å². The van der Waals surface area contributed by atoms with Gasteiger partial charge < -0.3 is 16.2 Å². The molecule has 14 heavy (non-hydrogen) atoms. The van der Waals surface area contributed by atoms with Crippen molar-refractivity contribution in [2.75, 3.05) is 18.6 Å². The number of nitrogens with two attached hydrogens (primary N) is 2. The molecule has 6 heteroatoms. The van der Waals surface area contributed by atoms with E-state index in [1.165, 1.54) is 0 Å².